The second kappa shape index (κ2) is 7.17. The van der Waals surface area contributed by atoms with Crippen LogP contribution in [0, 0.1) is 0 Å². The fraction of sp³-hybridized carbons (Fsp3) is 0.812. The first-order valence-corrected chi connectivity index (χ1v) is 9.01. The van der Waals surface area contributed by atoms with E-state index in [1.165, 1.54) is 12.8 Å². The van der Waals surface area contributed by atoms with Crippen molar-refractivity contribution in [3.8, 4) is 0 Å². The molecule has 1 aliphatic rings. The highest BCUT2D eigenvalue weighted by atomic mass is 16.3. The van der Waals surface area contributed by atoms with E-state index in [2.05, 4.69) is 45.0 Å². The lowest BCUT2D eigenvalue weighted by Crippen LogP contribution is -2.40. The molecular formula is C16H28N8O. The Morgan fingerprint density at radius 1 is 1.24 bits per heavy atom. The van der Waals surface area contributed by atoms with Gasteiger partial charge in [-0.1, -0.05) is 18.1 Å². The van der Waals surface area contributed by atoms with Crippen molar-refractivity contribution in [3.63, 3.8) is 0 Å². The molecule has 0 unspecified atom stereocenters. The summed E-state index contributed by atoms with van der Waals surface area (Å²) in [5.74, 6) is 0.843. The van der Waals surface area contributed by atoms with Crippen LogP contribution in [0.25, 0.3) is 0 Å². The molecule has 0 saturated heterocycles. The lowest BCUT2D eigenvalue weighted by atomic mass is 9.90. The third-order valence-electron chi connectivity index (χ3n) is 4.78. The molecule has 1 saturated carbocycles. The van der Waals surface area contributed by atoms with Crippen LogP contribution >= 0.6 is 0 Å². The zero-order valence-corrected chi connectivity index (χ0v) is 15.4. The zero-order valence-electron chi connectivity index (χ0n) is 15.4. The monoisotopic (exact) mass is 348 g/mol. The number of tetrazole rings is 1. The molecule has 2 atom stereocenters. The molecule has 0 radical (unpaired) electrons. The Labute approximate surface area is 147 Å². The molecule has 3 rings (SSSR count). The minimum atomic E-state index is -0.977. The molecule has 2 aromatic heterocycles. The lowest BCUT2D eigenvalue weighted by Gasteiger charge is -2.32. The van der Waals surface area contributed by atoms with Crippen molar-refractivity contribution in [1.29, 1.82) is 0 Å². The minimum absolute atomic E-state index is 0.223. The molecule has 1 fully saturated rings. The summed E-state index contributed by atoms with van der Waals surface area (Å²) in [5, 5.41) is 34.1. The quantitative estimate of drug-likeness (QED) is 0.811. The van der Waals surface area contributed by atoms with Crippen LogP contribution in [0.15, 0.2) is 6.20 Å². The predicted octanol–water partition coefficient (Wildman–Crippen LogP) is 1.35. The van der Waals surface area contributed by atoms with E-state index in [-0.39, 0.29) is 18.1 Å². The Morgan fingerprint density at radius 2 is 2.00 bits per heavy atom. The van der Waals surface area contributed by atoms with Gasteiger partial charge in [-0.3, -0.25) is 0 Å². The van der Waals surface area contributed by atoms with E-state index in [4.69, 9.17) is 0 Å². The van der Waals surface area contributed by atoms with Crippen LogP contribution in [0.3, 0.4) is 0 Å². The summed E-state index contributed by atoms with van der Waals surface area (Å²) in [4.78, 5) is 0. The van der Waals surface area contributed by atoms with Crippen LogP contribution in [-0.4, -0.2) is 46.3 Å². The summed E-state index contributed by atoms with van der Waals surface area (Å²) < 4.78 is 3.74. The molecular weight excluding hydrogens is 320 g/mol. The van der Waals surface area contributed by atoms with E-state index in [0.29, 0.717) is 12.2 Å². The molecule has 0 bridgehead atoms. The van der Waals surface area contributed by atoms with Gasteiger partial charge in [0.25, 0.3) is 0 Å². The van der Waals surface area contributed by atoms with Crippen molar-refractivity contribution >= 4 is 0 Å². The van der Waals surface area contributed by atoms with Crippen molar-refractivity contribution in [2.75, 3.05) is 0 Å². The van der Waals surface area contributed by atoms with Gasteiger partial charge in [-0.15, -0.1) is 10.2 Å². The smallest absolute Gasteiger partial charge is 0.165 e. The van der Waals surface area contributed by atoms with E-state index >= 15 is 0 Å². The molecule has 2 heterocycles. The number of nitrogens with one attached hydrogen (secondary N) is 1. The lowest BCUT2D eigenvalue weighted by molar-refractivity contribution is 0.0736. The molecule has 0 aromatic carbocycles. The maximum absolute atomic E-state index is 10.1. The van der Waals surface area contributed by atoms with Crippen LogP contribution in [0.4, 0.5) is 0 Å². The van der Waals surface area contributed by atoms with Gasteiger partial charge in [0.15, 0.2) is 5.82 Å². The summed E-state index contributed by atoms with van der Waals surface area (Å²) in [5.41, 5.74) is -0.379. The highest BCUT2D eigenvalue weighted by Gasteiger charge is 2.29. The molecule has 0 aliphatic heterocycles. The van der Waals surface area contributed by atoms with E-state index in [1.807, 2.05) is 15.6 Å². The standard InChI is InChI=1S/C16H28N8O/c1-11(2)24-15(19-20-22-24)9-17-12-7-5-6-8-13(12)23-10-14(18-21-23)16(3,4)25/h10-13,17,25H,5-9H2,1-4H3/t12-,13+/m0/s1. The minimum Gasteiger partial charge on any atom is -0.384 e. The number of hydrogen-bond donors (Lipinski definition) is 2. The second-order valence-electron chi connectivity index (χ2n) is 7.62. The summed E-state index contributed by atoms with van der Waals surface area (Å²) in [7, 11) is 0. The molecule has 1 aliphatic carbocycles. The molecule has 9 nitrogen and oxygen atoms in total. The summed E-state index contributed by atoms with van der Waals surface area (Å²) >= 11 is 0. The van der Waals surface area contributed by atoms with E-state index in [9.17, 15) is 5.11 Å². The third-order valence-corrected chi connectivity index (χ3v) is 4.78. The SMILES string of the molecule is CC(C)n1nnnc1CN[C@H]1CCCC[C@H]1n1cc(C(C)(C)O)nn1. The Balaban J connectivity index is 1.71. The van der Waals surface area contributed by atoms with E-state index in [0.717, 1.165) is 18.7 Å². The van der Waals surface area contributed by atoms with Gasteiger partial charge in [0.05, 0.1) is 24.8 Å². The molecule has 0 amide bonds. The van der Waals surface area contributed by atoms with Gasteiger partial charge in [0.1, 0.15) is 11.3 Å². The van der Waals surface area contributed by atoms with Crippen LogP contribution in [0.1, 0.15) is 77.0 Å². The Morgan fingerprint density at radius 3 is 2.68 bits per heavy atom. The highest BCUT2D eigenvalue weighted by Crippen LogP contribution is 2.29. The fourth-order valence-electron chi connectivity index (χ4n) is 3.34. The van der Waals surface area contributed by atoms with Gasteiger partial charge < -0.3 is 10.4 Å². The van der Waals surface area contributed by atoms with Crippen LogP contribution in [0.5, 0.6) is 0 Å². The van der Waals surface area contributed by atoms with Gasteiger partial charge in [0.2, 0.25) is 0 Å². The molecule has 25 heavy (non-hydrogen) atoms. The number of aromatic nitrogens is 7. The largest absolute Gasteiger partial charge is 0.384 e. The first kappa shape index (κ1) is 17.9. The predicted molar refractivity (Wildman–Crippen MR) is 91.6 cm³/mol. The van der Waals surface area contributed by atoms with Crippen molar-refractivity contribution < 1.29 is 5.11 Å². The van der Waals surface area contributed by atoms with Crippen LogP contribution < -0.4 is 5.32 Å². The van der Waals surface area contributed by atoms with Crippen molar-refractivity contribution in [2.45, 2.75) is 83.6 Å². The molecule has 2 N–H and O–H groups in total. The van der Waals surface area contributed by atoms with Gasteiger partial charge in [0, 0.05) is 6.04 Å². The number of rotatable bonds is 6. The summed E-state index contributed by atoms with van der Waals surface area (Å²) in [6, 6.07) is 0.738. The first-order valence-electron chi connectivity index (χ1n) is 9.01. The normalized spacial score (nSPS) is 21.8. The molecule has 138 valence electrons. The number of hydrogen-bond acceptors (Lipinski definition) is 7. The van der Waals surface area contributed by atoms with Gasteiger partial charge in [-0.2, -0.15) is 0 Å². The topological polar surface area (TPSA) is 107 Å². The molecule has 2 aromatic rings. The molecule has 0 spiro atoms. The average molecular weight is 348 g/mol. The first-order chi connectivity index (χ1) is 11.9. The summed E-state index contributed by atoms with van der Waals surface area (Å²) in [6.45, 7) is 8.21. The van der Waals surface area contributed by atoms with Crippen molar-refractivity contribution in [3.05, 3.63) is 17.7 Å². The number of aliphatic hydroxyl groups is 1. The average Bonchev–Trinajstić information content (AvgIpc) is 3.22. The van der Waals surface area contributed by atoms with Crippen molar-refractivity contribution in [1.82, 2.24) is 40.5 Å². The van der Waals surface area contributed by atoms with Gasteiger partial charge >= 0.3 is 0 Å². The van der Waals surface area contributed by atoms with Gasteiger partial charge in [-0.25, -0.2) is 9.36 Å². The maximum Gasteiger partial charge on any atom is 0.165 e. The van der Waals surface area contributed by atoms with E-state index in [1.54, 1.807) is 13.8 Å². The Bertz CT molecular complexity index is 686. The zero-order chi connectivity index (χ0) is 18.0. The highest BCUT2D eigenvalue weighted by molar-refractivity contribution is 5.04. The third kappa shape index (κ3) is 4.04. The molecule has 9 heteroatoms. The van der Waals surface area contributed by atoms with Gasteiger partial charge in [-0.05, 0) is 51.0 Å². The van der Waals surface area contributed by atoms with Crippen LogP contribution in [-0.2, 0) is 12.1 Å². The fourth-order valence-corrected chi connectivity index (χ4v) is 3.34. The number of nitrogens with zero attached hydrogens (tertiary/aromatic N) is 7. The van der Waals surface area contributed by atoms with E-state index < -0.39 is 5.60 Å². The Kier molecular flexibility index (Phi) is 5.14. The van der Waals surface area contributed by atoms with Crippen LogP contribution in [0.2, 0.25) is 0 Å². The Hall–Kier alpha value is -1.87. The summed E-state index contributed by atoms with van der Waals surface area (Å²) in [6.07, 6.45) is 6.34. The second-order valence-corrected chi connectivity index (χ2v) is 7.62. The van der Waals surface area contributed by atoms with Crippen molar-refractivity contribution in [2.24, 2.45) is 0 Å². The maximum atomic E-state index is 10.1.